The minimum absolute atomic E-state index is 0.0975. The molecule has 1 saturated heterocycles. The Balaban J connectivity index is 1.58. The molecule has 1 atom stereocenters. The first-order chi connectivity index (χ1) is 14.1. The fraction of sp³-hybridized carbons (Fsp3) is 0.0833. The molecule has 2 amide bonds. The number of hydrogen-bond donors (Lipinski definition) is 0. The van der Waals surface area contributed by atoms with Crippen molar-refractivity contribution in [3.63, 3.8) is 0 Å². The molecule has 0 spiro atoms. The Bertz CT molecular complexity index is 1060. The molecule has 0 aromatic heterocycles. The highest BCUT2D eigenvalue weighted by atomic mass is 19.1. The number of benzene rings is 3. The van der Waals surface area contributed by atoms with Crippen LogP contribution in [-0.4, -0.2) is 23.5 Å². The molecule has 0 radical (unpaired) electrons. The van der Waals surface area contributed by atoms with Crippen molar-refractivity contribution >= 4 is 18.1 Å². The van der Waals surface area contributed by atoms with Crippen LogP contribution >= 0.6 is 0 Å². The predicted octanol–water partition coefficient (Wildman–Crippen LogP) is 5.23. The molecule has 3 aromatic carbocycles. The molecule has 1 fully saturated rings. The Morgan fingerprint density at radius 3 is 2.38 bits per heavy atom. The number of cyclic esters (lactones) is 1. The van der Waals surface area contributed by atoms with E-state index in [4.69, 9.17) is 4.74 Å². The minimum Gasteiger partial charge on any atom is -0.446 e. The molecule has 0 bridgehead atoms. The summed E-state index contributed by atoms with van der Waals surface area (Å²) in [5.74, 6) is -0.997. The molecule has 1 unspecified atom stereocenters. The van der Waals surface area contributed by atoms with E-state index in [1.807, 2.05) is 60.7 Å². The number of hydrogen-bond acceptors (Lipinski definition) is 3. The van der Waals surface area contributed by atoms with Crippen LogP contribution in [0.2, 0.25) is 0 Å². The zero-order valence-corrected chi connectivity index (χ0v) is 15.5. The first kappa shape index (κ1) is 18.6. The van der Waals surface area contributed by atoms with Gasteiger partial charge in [-0.2, -0.15) is 0 Å². The molecule has 1 aliphatic rings. The highest BCUT2D eigenvalue weighted by Gasteiger charge is 2.37. The van der Waals surface area contributed by atoms with Gasteiger partial charge in [-0.3, -0.25) is 4.79 Å². The van der Waals surface area contributed by atoms with Gasteiger partial charge in [0.25, 0.3) is 5.91 Å². The van der Waals surface area contributed by atoms with Gasteiger partial charge >= 0.3 is 6.09 Å². The maximum atomic E-state index is 14.3. The van der Waals surface area contributed by atoms with Crippen LogP contribution in [0.3, 0.4) is 0 Å². The molecule has 1 heterocycles. The first-order valence-electron chi connectivity index (χ1n) is 9.21. The van der Waals surface area contributed by atoms with E-state index in [9.17, 15) is 14.0 Å². The second-order valence-corrected chi connectivity index (χ2v) is 6.65. The topological polar surface area (TPSA) is 46.6 Å². The van der Waals surface area contributed by atoms with Crippen molar-refractivity contribution in [2.45, 2.75) is 6.04 Å². The van der Waals surface area contributed by atoms with Crippen LogP contribution in [0.1, 0.15) is 17.2 Å². The van der Waals surface area contributed by atoms with Crippen LogP contribution < -0.4 is 0 Å². The number of halogens is 1. The van der Waals surface area contributed by atoms with Gasteiger partial charge in [-0.25, -0.2) is 14.1 Å². The summed E-state index contributed by atoms with van der Waals surface area (Å²) < 4.78 is 19.3. The number of nitrogens with zero attached hydrogens (tertiary/aromatic N) is 1. The second kappa shape index (κ2) is 8.10. The van der Waals surface area contributed by atoms with E-state index in [1.165, 1.54) is 18.2 Å². The van der Waals surface area contributed by atoms with E-state index in [1.54, 1.807) is 12.1 Å². The molecular weight excluding hydrogens is 369 g/mol. The largest absolute Gasteiger partial charge is 0.446 e. The van der Waals surface area contributed by atoms with Crippen LogP contribution in [0.5, 0.6) is 0 Å². The average Bonchev–Trinajstić information content (AvgIpc) is 3.15. The number of rotatable bonds is 4. The molecule has 144 valence electrons. The van der Waals surface area contributed by atoms with Gasteiger partial charge in [0.1, 0.15) is 18.5 Å². The monoisotopic (exact) mass is 387 g/mol. The van der Waals surface area contributed by atoms with Crippen molar-refractivity contribution in [2.75, 3.05) is 6.61 Å². The lowest BCUT2D eigenvalue weighted by Gasteiger charge is -2.18. The predicted molar refractivity (Wildman–Crippen MR) is 108 cm³/mol. The van der Waals surface area contributed by atoms with Gasteiger partial charge in [-0.05, 0) is 34.9 Å². The van der Waals surface area contributed by atoms with Crippen LogP contribution in [0.25, 0.3) is 17.2 Å². The van der Waals surface area contributed by atoms with E-state index in [-0.39, 0.29) is 12.2 Å². The number of amides is 2. The van der Waals surface area contributed by atoms with Crippen molar-refractivity contribution in [1.29, 1.82) is 0 Å². The van der Waals surface area contributed by atoms with Crippen LogP contribution in [0, 0.1) is 5.82 Å². The van der Waals surface area contributed by atoms with Crippen molar-refractivity contribution in [2.24, 2.45) is 0 Å². The molecular formula is C24H18FNO3. The van der Waals surface area contributed by atoms with Gasteiger partial charge in [-0.1, -0.05) is 66.7 Å². The van der Waals surface area contributed by atoms with Gasteiger partial charge in [0.05, 0.1) is 0 Å². The summed E-state index contributed by atoms with van der Waals surface area (Å²) in [7, 11) is 0. The normalized spacial score (nSPS) is 16.2. The van der Waals surface area contributed by atoms with Gasteiger partial charge in [0.2, 0.25) is 0 Å². The smallest absolute Gasteiger partial charge is 0.417 e. The highest BCUT2D eigenvalue weighted by molar-refractivity contribution is 6.02. The molecule has 4 rings (SSSR count). The lowest BCUT2D eigenvalue weighted by atomic mass is 10.0. The highest BCUT2D eigenvalue weighted by Crippen LogP contribution is 2.28. The first-order valence-corrected chi connectivity index (χ1v) is 9.21. The third-order valence-electron chi connectivity index (χ3n) is 4.80. The summed E-state index contributed by atoms with van der Waals surface area (Å²) in [6.45, 7) is 0.0975. The van der Waals surface area contributed by atoms with Gasteiger partial charge in [0.15, 0.2) is 0 Å². The zero-order chi connectivity index (χ0) is 20.2. The Morgan fingerprint density at radius 2 is 1.66 bits per heavy atom. The number of ether oxygens (including phenoxy) is 1. The minimum atomic E-state index is -0.702. The van der Waals surface area contributed by atoms with Crippen LogP contribution in [-0.2, 0) is 9.53 Å². The Labute approximate surface area is 167 Å². The summed E-state index contributed by atoms with van der Waals surface area (Å²) >= 11 is 0. The zero-order valence-electron chi connectivity index (χ0n) is 15.5. The Kier molecular flexibility index (Phi) is 5.20. The summed E-state index contributed by atoms with van der Waals surface area (Å²) in [4.78, 5) is 25.8. The van der Waals surface area contributed by atoms with Gasteiger partial charge in [0, 0.05) is 11.6 Å². The quantitative estimate of drug-likeness (QED) is 0.576. The maximum Gasteiger partial charge on any atom is 0.417 e. The SMILES string of the molecule is O=C(/C=C/c1cc(-c2ccccc2)ccc1F)N1C(=O)OCC1c1ccccc1. The standard InChI is InChI=1S/C24H18FNO3/c25-21-13-11-19(17-7-3-1-4-8-17)15-20(21)12-14-23(27)26-22(16-29-24(26)28)18-9-5-2-6-10-18/h1-15,22H,16H2/b14-12+. The van der Waals surface area contributed by atoms with Gasteiger partial charge in [-0.15, -0.1) is 0 Å². The lowest BCUT2D eigenvalue weighted by Crippen LogP contribution is -2.32. The van der Waals surface area contributed by atoms with Crippen molar-refractivity contribution < 1.29 is 18.7 Å². The van der Waals surface area contributed by atoms with E-state index >= 15 is 0 Å². The lowest BCUT2D eigenvalue weighted by molar-refractivity contribution is -0.124. The number of carbonyl (C=O) groups excluding carboxylic acids is 2. The molecule has 0 N–H and O–H groups in total. The molecule has 1 aliphatic heterocycles. The van der Waals surface area contributed by atoms with E-state index in [0.717, 1.165) is 21.6 Å². The van der Waals surface area contributed by atoms with Crippen molar-refractivity contribution in [3.8, 4) is 11.1 Å². The summed E-state index contributed by atoms with van der Waals surface area (Å²) in [5.41, 5.74) is 2.85. The van der Waals surface area contributed by atoms with Gasteiger partial charge < -0.3 is 4.74 Å². The second-order valence-electron chi connectivity index (χ2n) is 6.65. The van der Waals surface area contributed by atoms with E-state index < -0.39 is 23.9 Å². The van der Waals surface area contributed by atoms with Crippen LogP contribution in [0.4, 0.5) is 9.18 Å². The fourth-order valence-electron chi connectivity index (χ4n) is 3.31. The average molecular weight is 387 g/mol. The number of imide groups is 1. The summed E-state index contributed by atoms with van der Waals surface area (Å²) in [5, 5.41) is 0. The number of carbonyl (C=O) groups is 2. The molecule has 0 aliphatic carbocycles. The van der Waals surface area contributed by atoms with E-state index in [2.05, 4.69) is 0 Å². The fourth-order valence-corrected chi connectivity index (χ4v) is 3.31. The Morgan fingerprint density at radius 1 is 0.966 bits per heavy atom. The third kappa shape index (κ3) is 3.94. The Hall–Kier alpha value is -3.73. The molecule has 29 heavy (non-hydrogen) atoms. The van der Waals surface area contributed by atoms with E-state index in [0.29, 0.717) is 0 Å². The summed E-state index contributed by atoms with van der Waals surface area (Å²) in [6.07, 6.45) is 1.89. The van der Waals surface area contributed by atoms with Crippen molar-refractivity contribution in [1.82, 2.24) is 4.90 Å². The molecule has 0 saturated carbocycles. The van der Waals surface area contributed by atoms with Crippen LogP contribution in [0.15, 0.2) is 84.9 Å². The third-order valence-corrected chi connectivity index (χ3v) is 4.80. The molecule has 5 heteroatoms. The molecule has 3 aromatic rings. The van der Waals surface area contributed by atoms with Crippen molar-refractivity contribution in [3.05, 3.63) is 102 Å². The maximum absolute atomic E-state index is 14.3. The molecule has 4 nitrogen and oxygen atoms in total. The summed E-state index contributed by atoms with van der Waals surface area (Å²) in [6, 6.07) is 23.0.